The number of hydrogen-bond donors (Lipinski definition) is 0. The maximum Gasteiger partial charge on any atom is 0.266 e. The highest BCUT2D eigenvalue weighted by molar-refractivity contribution is 7.89. The Balaban J connectivity index is 1.67. The lowest BCUT2D eigenvalue weighted by Crippen LogP contribution is -2.60. The van der Waals surface area contributed by atoms with Crippen LogP contribution in [0.3, 0.4) is 0 Å². The lowest BCUT2D eigenvalue weighted by Gasteiger charge is -2.44. The van der Waals surface area contributed by atoms with Gasteiger partial charge >= 0.3 is 0 Å². The topological polar surface area (TPSA) is 89.2 Å². The van der Waals surface area contributed by atoms with Crippen molar-refractivity contribution in [2.75, 3.05) is 18.8 Å². The van der Waals surface area contributed by atoms with E-state index >= 15 is 0 Å². The Morgan fingerprint density at radius 3 is 2.83 bits per heavy atom. The van der Waals surface area contributed by atoms with Crippen molar-refractivity contribution in [2.24, 2.45) is 0 Å². The normalized spacial score (nSPS) is 17.4. The average molecular weight is 348 g/mol. The standard InChI is InChI=1S/C16H20N4O3S/c1-3-4-7-10-24(21,22)20-11-16(2,12-20)15-19-18-14(23-15)13-8-5-6-9-17-13/h3,5-6,8-9H,1,4,7,10-12H2,2H3. The number of allylic oxidation sites excluding steroid dienone is 1. The number of rotatable bonds is 7. The van der Waals surface area contributed by atoms with Gasteiger partial charge in [0.15, 0.2) is 0 Å². The van der Waals surface area contributed by atoms with Crippen molar-refractivity contribution in [2.45, 2.75) is 25.2 Å². The van der Waals surface area contributed by atoms with Crippen LogP contribution in [0.1, 0.15) is 25.7 Å². The summed E-state index contributed by atoms with van der Waals surface area (Å²) >= 11 is 0. The van der Waals surface area contributed by atoms with Gasteiger partial charge in [0.1, 0.15) is 5.69 Å². The lowest BCUT2D eigenvalue weighted by atomic mass is 9.84. The summed E-state index contributed by atoms with van der Waals surface area (Å²) in [5.74, 6) is 0.929. The molecule has 3 rings (SSSR count). The summed E-state index contributed by atoms with van der Waals surface area (Å²) in [7, 11) is -3.24. The highest BCUT2D eigenvalue weighted by atomic mass is 32.2. The van der Waals surface area contributed by atoms with E-state index in [-0.39, 0.29) is 5.75 Å². The van der Waals surface area contributed by atoms with Gasteiger partial charge in [-0.05, 0) is 31.9 Å². The van der Waals surface area contributed by atoms with E-state index in [0.717, 1.165) is 0 Å². The zero-order valence-electron chi connectivity index (χ0n) is 13.6. The van der Waals surface area contributed by atoms with Crippen LogP contribution in [0.25, 0.3) is 11.6 Å². The van der Waals surface area contributed by atoms with Gasteiger partial charge in [-0.25, -0.2) is 8.42 Å². The summed E-state index contributed by atoms with van der Waals surface area (Å²) in [4.78, 5) is 4.17. The van der Waals surface area contributed by atoms with Crippen LogP contribution in [-0.4, -0.2) is 46.7 Å². The van der Waals surface area contributed by atoms with Gasteiger partial charge in [0.2, 0.25) is 15.9 Å². The van der Waals surface area contributed by atoms with E-state index in [9.17, 15) is 8.42 Å². The molecule has 1 saturated heterocycles. The van der Waals surface area contributed by atoms with E-state index in [1.165, 1.54) is 4.31 Å². The molecule has 0 N–H and O–H groups in total. The third kappa shape index (κ3) is 3.25. The highest BCUT2D eigenvalue weighted by Gasteiger charge is 2.49. The van der Waals surface area contributed by atoms with Gasteiger partial charge in [-0.3, -0.25) is 4.98 Å². The molecule has 0 saturated carbocycles. The summed E-state index contributed by atoms with van der Waals surface area (Å²) < 4.78 is 31.7. The van der Waals surface area contributed by atoms with Crippen LogP contribution >= 0.6 is 0 Å². The number of hydrogen-bond acceptors (Lipinski definition) is 6. The largest absolute Gasteiger partial charge is 0.419 e. The molecule has 0 spiro atoms. The zero-order chi connectivity index (χ0) is 17.2. The molecular formula is C16H20N4O3S. The predicted octanol–water partition coefficient (Wildman–Crippen LogP) is 2.00. The van der Waals surface area contributed by atoms with Crippen LogP contribution in [-0.2, 0) is 15.4 Å². The Hall–Kier alpha value is -2.06. The lowest BCUT2D eigenvalue weighted by molar-refractivity contribution is 0.139. The molecule has 1 aliphatic rings. The highest BCUT2D eigenvalue weighted by Crippen LogP contribution is 2.36. The molecule has 0 bridgehead atoms. The summed E-state index contributed by atoms with van der Waals surface area (Å²) in [5.41, 5.74) is 0.152. The molecule has 0 amide bonds. The molecular weight excluding hydrogens is 328 g/mol. The third-order valence-corrected chi connectivity index (χ3v) is 5.93. The Labute approximate surface area is 141 Å². The second kappa shape index (κ2) is 6.45. The van der Waals surface area contributed by atoms with Gasteiger partial charge in [0.05, 0.1) is 11.2 Å². The first-order valence-corrected chi connectivity index (χ1v) is 9.40. The number of nitrogens with zero attached hydrogens (tertiary/aromatic N) is 4. The monoisotopic (exact) mass is 348 g/mol. The van der Waals surface area contributed by atoms with E-state index in [1.807, 2.05) is 19.1 Å². The number of sulfonamides is 1. The third-order valence-electron chi connectivity index (χ3n) is 4.08. The van der Waals surface area contributed by atoms with Crippen molar-refractivity contribution in [3.8, 4) is 11.6 Å². The molecule has 0 aromatic carbocycles. The van der Waals surface area contributed by atoms with E-state index < -0.39 is 15.4 Å². The van der Waals surface area contributed by atoms with Gasteiger partial charge in [-0.2, -0.15) is 4.31 Å². The Morgan fingerprint density at radius 1 is 1.38 bits per heavy atom. The first kappa shape index (κ1) is 16.8. The maximum atomic E-state index is 12.2. The van der Waals surface area contributed by atoms with E-state index in [4.69, 9.17) is 4.42 Å². The summed E-state index contributed by atoms with van der Waals surface area (Å²) in [6.45, 7) is 6.25. The van der Waals surface area contributed by atoms with Crippen LogP contribution in [0, 0.1) is 0 Å². The molecule has 128 valence electrons. The van der Waals surface area contributed by atoms with E-state index in [2.05, 4.69) is 21.8 Å². The zero-order valence-corrected chi connectivity index (χ0v) is 14.4. The smallest absolute Gasteiger partial charge is 0.266 e. The minimum absolute atomic E-state index is 0.137. The quantitative estimate of drug-likeness (QED) is 0.562. The van der Waals surface area contributed by atoms with E-state index in [1.54, 1.807) is 18.3 Å². The van der Waals surface area contributed by atoms with Crippen molar-refractivity contribution in [1.82, 2.24) is 19.5 Å². The Kier molecular flexibility index (Phi) is 4.51. The summed E-state index contributed by atoms with van der Waals surface area (Å²) in [6.07, 6.45) is 4.67. The number of pyridine rings is 1. The van der Waals surface area contributed by atoms with Crippen LogP contribution in [0.2, 0.25) is 0 Å². The molecule has 2 aromatic heterocycles. The van der Waals surface area contributed by atoms with Crippen molar-refractivity contribution in [3.05, 3.63) is 42.9 Å². The van der Waals surface area contributed by atoms with Gasteiger partial charge in [0, 0.05) is 19.3 Å². The second-order valence-electron chi connectivity index (χ2n) is 6.20. The molecule has 24 heavy (non-hydrogen) atoms. The molecule has 0 aliphatic carbocycles. The molecule has 7 nitrogen and oxygen atoms in total. The fraction of sp³-hybridized carbons (Fsp3) is 0.438. The first-order valence-electron chi connectivity index (χ1n) is 7.79. The van der Waals surface area contributed by atoms with Crippen LogP contribution < -0.4 is 0 Å². The van der Waals surface area contributed by atoms with Gasteiger partial charge in [0.25, 0.3) is 5.89 Å². The Morgan fingerprint density at radius 2 is 2.17 bits per heavy atom. The molecule has 1 aliphatic heterocycles. The van der Waals surface area contributed by atoms with Crippen molar-refractivity contribution in [1.29, 1.82) is 0 Å². The van der Waals surface area contributed by atoms with Crippen molar-refractivity contribution < 1.29 is 12.8 Å². The molecule has 0 atom stereocenters. The summed E-state index contributed by atoms with van der Waals surface area (Å²) in [6, 6.07) is 5.44. The number of aromatic nitrogens is 3. The Bertz CT molecular complexity index is 811. The molecule has 0 radical (unpaired) electrons. The van der Waals surface area contributed by atoms with Gasteiger partial charge in [-0.15, -0.1) is 16.8 Å². The minimum Gasteiger partial charge on any atom is -0.419 e. The maximum absolute atomic E-state index is 12.2. The molecule has 1 fully saturated rings. The molecule has 0 unspecified atom stereocenters. The SMILES string of the molecule is C=CCCCS(=O)(=O)N1CC(C)(c2nnc(-c3ccccn3)o2)C1. The van der Waals surface area contributed by atoms with Crippen LogP contribution in [0.5, 0.6) is 0 Å². The van der Waals surface area contributed by atoms with Crippen molar-refractivity contribution >= 4 is 10.0 Å². The van der Waals surface area contributed by atoms with Crippen LogP contribution in [0.15, 0.2) is 41.5 Å². The van der Waals surface area contributed by atoms with Crippen molar-refractivity contribution in [3.63, 3.8) is 0 Å². The predicted molar refractivity (Wildman–Crippen MR) is 89.7 cm³/mol. The van der Waals surface area contributed by atoms with E-state index in [0.29, 0.717) is 43.4 Å². The number of unbranched alkanes of at least 4 members (excludes halogenated alkanes) is 1. The average Bonchev–Trinajstić information content (AvgIpc) is 3.03. The van der Waals surface area contributed by atoms with Gasteiger partial charge in [-0.1, -0.05) is 12.1 Å². The fourth-order valence-corrected chi connectivity index (χ4v) is 4.42. The molecule has 2 aromatic rings. The van der Waals surface area contributed by atoms with Crippen LogP contribution in [0.4, 0.5) is 0 Å². The first-order chi connectivity index (χ1) is 11.4. The fourth-order valence-electron chi connectivity index (χ4n) is 2.66. The molecule has 8 heteroatoms. The minimum atomic E-state index is -3.24. The molecule has 3 heterocycles. The summed E-state index contributed by atoms with van der Waals surface area (Å²) in [5, 5.41) is 8.11. The second-order valence-corrected chi connectivity index (χ2v) is 8.29. The van der Waals surface area contributed by atoms with Gasteiger partial charge < -0.3 is 4.42 Å².